The van der Waals surface area contributed by atoms with Crippen molar-refractivity contribution in [2.45, 2.75) is 0 Å². The lowest BCUT2D eigenvalue weighted by Crippen LogP contribution is -2.16. The summed E-state index contributed by atoms with van der Waals surface area (Å²) in [6, 6.07) is 5.33. The first-order valence-corrected chi connectivity index (χ1v) is 5.67. The maximum absolute atomic E-state index is 11.1. The number of hydrogen-bond donors (Lipinski definition) is 1. The first-order valence-electron chi connectivity index (χ1n) is 4.55. The number of carbonyl (C=O) groups excluding carboxylic acids is 1. The Morgan fingerprint density at radius 1 is 1.33 bits per heavy atom. The summed E-state index contributed by atoms with van der Waals surface area (Å²) >= 11 is 3.08. The number of rotatable bonds is 2. The number of benzene rings is 1. The topological polar surface area (TPSA) is 47.6 Å². The van der Waals surface area contributed by atoms with E-state index in [1.807, 2.05) is 0 Å². The Bertz CT molecular complexity index is 381. The van der Waals surface area contributed by atoms with Crippen LogP contribution in [0.3, 0.4) is 0 Å². The molecule has 1 aliphatic heterocycles. The Kier molecular flexibility index (Phi) is 3.11. The van der Waals surface area contributed by atoms with Gasteiger partial charge in [-0.2, -0.15) is 0 Å². The Labute approximate surface area is 95.7 Å². The van der Waals surface area contributed by atoms with E-state index >= 15 is 0 Å². The fraction of sp³-hybridized carbons (Fsp3) is 0.300. The molecule has 1 aliphatic rings. The molecule has 2 rings (SSSR count). The zero-order valence-corrected chi connectivity index (χ0v) is 9.54. The van der Waals surface area contributed by atoms with Gasteiger partial charge in [0.05, 0.1) is 5.33 Å². The molecular weight excluding hydrogens is 262 g/mol. The first-order chi connectivity index (χ1) is 7.29. The summed E-state index contributed by atoms with van der Waals surface area (Å²) in [5.74, 6) is 1.30. The second-order valence-electron chi connectivity index (χ2n) is 3.04. The third-order valence-corrected chi connectivity index (χ3v) is 2.46. The van der Waals surface area contributed by atoms with Crippen LogP contribution in [0.1, 0.15) is 0 Å². The molecule has 0 saturated heterocycles. The van der Waals surface area contributed by atoms with E-state index in [9.17, 15) is 4.79 Å². The summed E-state index contributed by atoms with van der Waals surface area (Å²) in [5, 5.41) is 3.00. The van der Waals surface area contributed by atoms with Crippen LogP contribution in [-0.2, 0) is 4.79 Å². The smallest absolute Gasteiger partial charge is 0.235 e. The predicted molar refractivity (Wildman–Crippen MR) is 59.9 cm³/mol. The molecule has 1 aromatic carbocycles. The van der Waals surface area contributed by atoms with E-state index in [4.69, 9.17) is 9.47 Å². The normalized spacial score (nSPS) is 13.4. The molecule has 1 heterocycles. The molecule has 1 amide bonds. The summed E-state index contributed by atoms with van der Waals surface area (Å²) in [7, 11) is 0. The lowest BCUT2D eigenvalue weighted by molar-refractivity contribution is -0.113. The quantitative estimate of drug-likeness (QED) is 0.835. The van der Waals surface area contributed by atoms with Crippen LogP contribution in [0.5, 0.6) is 11.5 Å². The van der Waals surface area contributed by atoms with Crippen molar-refractivity contribution in [2.75, 3.05) is 23.9 Å². The minimum atomic E-state index is -0.0910. The van der Waals surface area contributed by atoms with E-state index < -0.39 is 0 Å². The lowest BCUT2D eigenvalue weighted by atomic mass is 10.2. The van der Waals surface area contributed by atoms with Gasteiger partial charge >= 0.3 is 0 Å². The van der Waals surface area contributed by atoms with Gasteiger partial charge in [0.15, 0.2) is 11.5 Å². The summed E-state index contributed by atoms with van der Waals surface area (Å²) in [6.45, 7) is 1.11. The minimum Gasteiger partial charge on any atom is -0.486 e. The summed E-state index contributed by atoms with van der Waals surface area (Å²) in [6.07, 6.45) is 0. The van der Waals surface area contributed by atoms with Gasteiger partial charge in [-0.3, -0.25) is 4.79 Å². The Morgan fingerprint density at radius 2 is 2.07 bits per heavy atom. The van der Waals surface area contributed by atoms with Crippen LogP contribution in [0.2, 0.25) is 0 Å². The lowest BCUT2D eigenvalue weighted by Gasteiger charge is -2.18. The fourth-order valence-corrected chi connectivity index (χ4v) is 1.46. The van der Waals surface area contributed by atoms with Crippen molar-refractivity contribution in [1.82, 2.24) is 0 Å². The highest BCUT2D eigenvalue weighted by Gasteiger charge is 2.12. The maximum atomic E-state index is 11.1. The Hall–Kier alpha value is -1.23. The number of fused-ring (bicyclic) bond motifs is 1. The number of halogens is 1. The molecule has 0 aromatic heterocycles. The predicted octanol–water partition coefficient (Wildman–Crippen LogP) is 1.79. The summed E-state index contributed by atoms with van der Waals surface area (Å²) in [5.41, 5.74) is 0.712. The van der Waals surface area contributed by atoms with Crippen molar-refractivity contribution in [3.05, 3.63) is 18.2 Å². The van der Waals surface area contributed by atoms with Gasteiger partial charge in [-0.25, -0.2) is 0 Å². The average molecular weight is 272 g/mol. The molecule has 0 spiro atoms. The summed E-state index contributed by atoms with van der Waals surface area (Å²) in [4.78, 5) is 11.1. The molecule has 5 heteroatoms. The van der Waals surface area contributed by atoms with Crippen LogP contribution in [0, 0.1) is 0 Å². The van der Waals surface area contributed by atoms with E-state index in [-0.39, 0.29) is 11.2 Å². The molecule has 15 heavy (non-hydrogen) atoms. The van der Waals surface area contributed by atoms with Crippen molar-refractivity contribution in [2.24, 2.45) is 0 Å². The van der Waals surface area contributed by atoms with E-state index in [0.717, 1.165) is 5.75 Å². The zero-order valence-electron chi connectivity index (χ0n) is 7.96. The molecule has 1 N–H and O–H groups in total. The number of carbonyl (C=O) groups is 1. The molecular formula is C10H10BrNO3. The SMILES string of the molecule is O=C(CBr)Nc1ccc2c(c1)OCCO2. The maximum Gasteiger partial charge on any atom is 0.235 e. The largest absolute Gasteiger partial charge is 0.486 e. The second-order valence-corrected chi connectivity index (χ2v) is 3.60. The van der Waals surface area contributed by atoms with E-state index in [0.29, 0.717) is 24.7 Å². The van der Waals surface area contributed by atoms with Crippen LogP contribution < -0.4 is 14.8 Å². The standard InChI is InChI=1S/C10H10BrNO3/c11-6-10(13)12-7-1-2-8-9(5-7)15-4-3-14-8/h1-2,5H,3-4,6H2,(H,12,13). The molecule has 0 fully saturated rings. The van der Waals surface area contributed by atoms with Gasteiger partial charge in [-0.05, 0) is 12.1 Å². The molecule has 80 valence electrons. The molecule has 1 aromatic rings. The summed E-state index contributed by atoms with van der Waals surface area (Å²) < 4.78 is 10.8. The van der Waals surface area contributed by atoms with Crippen molar-refractivity contribution in [3.63, 3.8) is 0 Å². The highest BCUT2D eigenvalue weighted by Crippen LogP contribution is 2.32. The highest BCUT2D eigenvalue weighted by atomic mass is 79.9. The van der Waals surface area contributed by atoms with Crippen molar-refractivity contribution >= 4 is 27.5 Å². The number of anilines is 1. The third-order valence-electron chi connectivity index (χ3n) is 1.95. The van der Waals surface area contributed by atoms with Crippen LogP contribution in [0.4, 0.5) is 5.69 Å². The van der Waals surface area contributed by atoms with Crippen LogP contribution >= 0.6 is 15.9 Å². The van der Waals surface area contributed by atoms with Crippen molar-refractivity contribution in [3.8, 4) is 11.5 Å². The van der Waals surface area contributed by atoms with E-state index in [1.165, 1.54) is 0 Å². The fourth-order valence-electron chi connectivity index (χ4n) is 1.32. The van der Waals surface area contributed by atoms with Crippen LogP contribution in [-0.4, -0.2) is 24.5 Å². The zero-order chi connectivity index (χ0) is 10.7. The molecule has 0 saturated carbocycles. The van der Waals surface area contributed by atoms with Gasteiger partial charge < -0.3 is 14.8 Å². The monoisotopic (exact) mass is 271 g/mol. The number of ether oxygens (including phenoxy) is 2. The van der Waals surface area contributed by atoms with Gasteiger partial charge in [-0.15, -0.1) is 0 Å². The molecule has 0 radical (unpaired) electrons. The number of alkyl halides is 1. The molecule has 0 atom stereocenters. The van der Waals surface area contributed by atoms with Crippen molar-refractivity contribution in [1.29, 1.82) is 0 Å². The number of amides is 1. The van der Waals surface area contributed by atoms with Gasteiger partial charge in [0.2, 0.25) is 5.91 Å². The molecule has 0 unspecified atom stereocenters. The van der Waals surface area contributed by atoms with Crippen LogP contribution in [0.15, 0.2) is 18.2 Å². The van der Waals surface area contributed by atoms with Gasteiger partial charge in [0.25, 0.3) is 0 Å². The van der Waals surface area contributed by atoms with Gasteiger partial charge in [0.1, 0.15) is 13.2 Å². The number of nitrogens with one attached hydrogen (secondary N) is 1. The second kappa shape index (κ2) is 4.53. The Morgan fingerprint density at radius 3 is 2.80 bits per heavy atom. The molecule has 0 bridgehead atoms. The molecule has 4 nitrogen and oxygen atoms in total. The van der Waals surface area contributed by atoms with Gasteiger partial charge in [0, 0.05) is 11.8 Å². The van der Waals surface area contributed by atoms with Crippen LogP contribution in [0.25, 0.3) is 0 Å². The van der Waals surface area contributed by atoms with E-state index in [1.54, 1.807) is 18.2 Å². The highest BCUT2D eigenvalue weighted by molar-refractivity contribution is 9.09. The van der Waals surface area contributed by atoms with Crippen molar-refractivity contribution < 1.29 is 14.3 Å². The van der Waals surface area contributed by atoms with E-state index in [2.05, 4.69) is 21.2 Å². The Balaban J connectivity index is 2.17. The minimum absolute atomic E-state index is 0.0910. The number of hydrogen-bond acceptors (Lipinski definition) is 3. The molecule has 0 aliphatic carbocycles. The van der Waals surface area contributed by atoms with Gasteiger partial charge in [-0.1, -0.05) is 15.9 Å². The average Bonchev–Trinajstić information content (AvgIpc) is 2.29. The third kappa shape index (κ3) is 2.41. The first kappa shape index (κ1) is 10.3.